The standard InChI is InChI=1S/C18H26ClN3O/c19-17-5-1-3-15(13-17)14-21-9-11-22(12-10-21)18(23)16-4-2-7-20-8-6-16/h1,3,5,13,16,20H,2,4,6-12,14H2/t16-/m0/s1. The van der Waals surface area contributed by atoms with E-state index in [-0.39, 0.29) is 5.92 Å². The summed E-state index contributed by atoms with van der Waals surface area (Å²) in [6.45, 7) is 6.54. The molecule has 2 fully saturated rings. The minimum absolute atomic E-state index is 0.226. The molecule has 2 heterocycles. The Morgan fingerprint density at radius 2 is 2.00 bits per heavy atom. The van der Waals surface area contributed by atoms with Gasteiger partial charge in [0.15, 0.2) is 0 Å². The first-order chi connectivity index (χ1) is 11.2. The van der Waals surface area contributed by atoms with Crippen molar-refractivity contribution < 1.29 is 4.79 Å². The lowest BCUT2D eigenvalue weighted by Crippen LogP contribution is -2.50. The van der Waals surface area contributed by atoms with Crippen LogP contribution in [-0.2, 0) is 11.3 Å². The predicted octanol–water partition coefficient (Wildman–Crippen LogP) is 2.37. The third kappa shape index (κ3) is 4.69. The summed E-state index contributed by atoms with van der Waals surface area (Å²) in [7, 11) is 0. The first kappa shape index (κ1) is 16.7. The minimum Gasteiger partial charge on any atom is -0.340 e. The number of piperazine rings is 1. The molecule has 2 aliphatic heterocycles. The highest BCUT2D eigenvalue weighted by Gasteiger charge is 2.27. The van der Waals surface area contributed by atoms with Crippen LogP contribution in [0.2, 0.25) is 5.02 Å². The largest absolute Gasteiger partial charge is 0.340 e. The highest BCUT2D eigenvalue weighted by atomic mass is 35.5. The molecule has 0 radical (unpaired) electrons. The monoisotopic (exact) mass is 335 g/mol. The van der Waals surface area contributed by atoms with E-state index in [1.807, 2.05) is 18.2 Å². The zero-order valence-electron chi connectivity index (χ0n) is 13.6. The Labute approximate surface area is 143 Å². The van der Waals surface area contributed by atoms with Crippen LogP contribution in [0.3, 0.4) is 0 Å². The molecule has 0 bridgehead atoms. The third-order valence-corrected chi connectivity index (χ3v) is 5.14. The zero-order chi connectivity index (χ0) is 16.1. The molecule has 1 amide bonds. The van der Waals surface area contributed by atoms with Gasteiger partial charge in [-0.15, -0.1) is 0 Å². The zero-order valence-corrected chi connectivity index (χ0v) is 14.4. The van der Waals surface area contributed by atoms with Gasteiger partial charge in [-0.3, -0.25) is 9.69 Å². The van der Waals surface area contributed by atoms with Crippen molar-refractivity contribution in [1.82, 2.24) is 15.1 Å². The molecule has 1 aromatic rings. The van der Waals surface area contributed by atoms with Gasteiger partial charge in [0, 0.05) is 43.7 Å². The van der Waals surface area contributed by atoms with Gasteiger partial charge in [0.2, 0.25) is 5.91 Å². The summed E-state index contributed by atoms with van der Waals surface area (Å²) >= 11 is 6.05. The Hall–Kier alpha value is -1.10. The maximum absolute atomic E-state index is 12.7. The van der Waals surface area contributed by atoms with Crippen LogP contribution < -0.4 is 5.32 Å². The van der Waals surface area contributed by atoms with Crippen LogP contribution in [0.25, 0.3) is 0 Å². The van der Waals surface area contributed by atoms with E-state index in [0.717, 1.165) is 70.1 Å². The molecule has 0 spiro atoms. The summed E-state index contributed by atoms with van der Waals surface area (Å²) < 4.78 is 0. The van der Waals surface area contributed by atoms with Crippen molar-refractivity contribution in [3.8, 4) is 0 Å². The molecule has 0 unspecified atom stereocenters. The number of hydrogen-bond acceptors (Lipinski definition) is 3. The molecule has 0 aliphatic carbocycles. The molecular formula is C18H26ClN3O. The molecule has 1 atom stereocenters. The molecule has 4 nitrogen and oxygen atoms in total. The Kier molecular flexibility index (Phi) is 5.92. The van der Waals surface area contributed by atoms with Crippen molar-refractivity contribution in [1.29, 1.82) is 0 Å². The SMILES string of the molecule is O=C([C@H]1CCCNCC1)N1CCN(Cc2cccc(Cl)c2)CC1. The summed E-state index contributed by atoms with van der Waals surface area (Å²) in [5.74, 6) is 0.598. The lowest BCUT2D eigenvalue weighted by atomic mass is 9.98. The van der Waals surface area contributed by atoms with Gasteiger partial charge >= 0.3 is 0 Å². The van der Waals surface area contributed by atoms with Crippen LogP contribution in [0.4, 0.5) is 0 Å². The molecule has 0 aromatic heterocycles. The van der Waals surface area contributed by atoms with E-state index >= 15 is 0 Å². The topological polar surface area (TPSA) is 35.6 Å². The van der Waals surface area contributed by atoms with Crippen LogP contribution in [0, 0.1) is 5.92 Å². The molecule has 2 aliphatic rings. The van der Waals surface area contributed by atoms with Gasteiger partial charge in [0.1, 0.15) is 0 Å². The Morgan fingerprint density at radius 3 is 2.78 bits per heavy atom. The van der Waals surface area contributed by atoms with E-state index in [9.17, 15) is 4.79 Å². The van der Waals surface area contributed by atoms with E-state index in [1.54, 1.807) is 0 Å². The van der Waals surface area contributed by atoms with Gasteiger partial charge in [-0.05, 0) is 50.0 Å². The van der Waals surface area contributed by atoms with Gasteiger partial charge in [-0.2, -0.15) is 0 Å². The number of nitrogens with one attached hydrogen (secondary N) is 1. The summed E-state index contributed by atoms with van der Waals surface area (Å²) in [6.07, 6.45) is 3.14. The van der Waals surface area contributed by atoms with Crippen LogP contribution >= 0.6 is 11.6 Å². The average Bonchev–Trinajstić information content (AvgIpc) is 2.84. The maximum Gasteiger partial charge on any atom is 0.225 e. The minimum atomic E-state index is 0.226. The maximum atomic E-state index is 12.7. The van der Waals surface area contributed by atoms with Crippen molar-refractivity contribution >= 4 is 17.5 Å². The fourth-order valence-electron chi connectivity index (χ4n) is 3.54. The number of carbonyl (C=O) groups excluding carboxylic acids is 1. The number of halogens is 1. The van der Waals surface area contributed by atoms with Crippen molar-refractivity contribution in [2.24, 2.45) is 5.92 Å². The molecule has 126 valence electrons. The van der Waals surface area contributed by atoms with E-state index < -0.39 is 0 Å². The van der Waals surface area contributed by atoms with E-state index in [4.69, 9.17) is 11.6 Å². The van der Waals surface area contributed by atoms with Gasteiger partial charge in [0.25, 0.3) is 0 Å². The van der Waals surface area contributed by atoms with E-state index in [0.29, 0.717) is 5.91 Å². The second-order valence-electron chi connectivity index (χ2n) is 6.61. The Balaban J connectivity index is 1.48. The quantitative estimate of drug-likeness (QED) is 0.921. The molecule has 3 rings (SSSR count). The number of carbonyl (C=O) groups is 1. The fraction of sp³-hybridized carbons (Fsp3) is 0.611. The number of nitrogens with zero attached hydrogens (tertiary/aromatic N) is 2. The molecule has 2 saturated heterocycles. The number of benzene rings is 1. The van der Waals surface area contributed by atoms with Gasteiger partial charge < -0.3 is 10.2 Å². The average molecular weight is 336 g/mol. The fourth-order valence-corrected chi connectivity index (χ4v) is 3.76. The van der Waals surface area contributed by atoms with Crippen molar-refractivity contribution in [3.05, 3.63) is 34.9 Å². The van der Waals surface area contributed by atoms with E-state index in [2.05, 4.69) is 21.2 Å². The smallest absolute Gasteiger partial charge is 0.225 e. The molecule has 1 aromatic carbocycles. The van der Waals surface area contributed by atoms with Gasteiger partial charge in [-0.25, -0.2) is 0 Å². The van der Waals surface area contributed by atoms with Crippen LogP contribution in [-0.4, -0.2) is 55.0 Å². The Morgan fingerprint density at radius 1 is 1.17 bits per heavy atom. The number of rotatable bonds is 3. The molecule has 1 N–H and O–H groups in total. The third-order valence-electron chi connectivity index (χ3n) is 4.90. The molecule has 23 heavy (non-hydrogen) atoms. The molecular weight excluding hydrogens is 310 g/mol. The van der Waals surface area contributed by atoms with Crippen molar-refractivity contribution in [2.75, 3.05) is 39.3 Å². The Bertz CT molecular complexity index is 521. The normalized spacial score (nSPS) is 23.5. The van der Waals surface area contributed by atoms with Crippen molar-refractivity contribution in [3.63, 3.8) is 0 Å². The van der Waals surface area contributed by atoms with Crippen molar-refractivity contribution in [2.45, 2.75) is 25.8 Å². The van der Waals surface area contributed by atoms with Gasteiger partial charge in [-0.1, -0.05) is 23.7 Å². The lowest BCUT2D eigenvalue weighted by molar-refractivity contribution is -0.137. The molecule has 5 heteroatoms. The lowest BCUT2D eigenvalue weighted by Gasteiger charge is -2.36. The van der Waals surface area contributed by atoms with Crippen LogP contribution in [0.5, 0.6) is 0 Å². The first-order valence-corrected chi connectivity index (χ1v) is 9.06. The second kappa shape index (κ2) is 8.13. The predicted molar refractivity (Wildman–Crippen MR) is 93.5 cm³/mol. The highest BCUT2D eigenvalue weighted by molar-refractivity contribution is 6.30. The second-order valence-corrected chi connectivity index (χ2v) is 7.05. The number of hydrogen-bond donors (Lipinski definition) is 1. The summed E-state index contributed by atoms with van der Waals surface area (Å²) in [5.41, 5.74) is 1.24. The highest BCUT2D eigenvalue weighted by Crippen LogP contribution is 2.19. The summed E-state index contributed by atoms with van der Waals surface area (Å²) in [4.78, 5) is 17.2. The molecule has 0 saturated carbocycles. The van der Waals surface area contributed by atoms with E-state index in [1.165, 1.54) is 5.56 Å². The van der Waals surface area contributed by atoms with Gasteiger partial charge in [0.05, 0.1) is 0 Å². The summed E-state index contributed by atoms with van der Waals surface area (Å²) in [6, 6.07) is 8.04. The van der Waals surface area contributed by atoms with Crippen LogP contribution in [0.1, 0.15) is 24.8 Å². The number of amides is 1. The first-order valence-electron chi connectivity index (χ1n) is 8.69. The van der Waals surface area contributed by atoms with Crippen LogP contribution in [0.15, 0.2) is 24.3 Å². The summed E-state index contributed by atoms with van der Waals surface area (Å²) in [5, 5.41) is 4.17.